The van der Waals surface area contributed by atoms with Crippen LogP contribution >= 0.6 is 0 Å². The first-order valence-corrected chi connectivity index (χ1v) is 14.7. The highest BCUT2D eigenvalue weighted by molar-refractivity contribution is 7.89. The Hall–Kier alpha value is -2.72. The molecule has 0 atom stereocenters. The van der Waals surface area contributed by atoms with Gasteiger partial charge in [-0.2, -0.15) is 9.40 Å². The van der Waals surface area contributed by atoms with Crippen LogP contribution < -0.4 is 4.90 Å². The summed E-state index contributed by atoms with van der Waals surface area (Å²) in [5, 5.41) is 4.94. The van der Waals surface area contributed by atoms with Crippen molar-refractivity contribution >= 4 is 15.8 Å². The van der Waals surface area contributed by atoms with Crippen molar-refractivity contribution in [2.75, 3.05) is 58.4 Å². The highest BCUT2D eigenvalue weighted by Gasteiger charge is 2.32. The molecule has 2 aromatic carbocycles. The molecule has 0 N–H and O–H groups in total. The molecule has 0 radical (unpaired) electrons. The molecule has 0 spiro atoms. The molecular weight excluding hydrogens is 498 g/mol. The topological polar surface area (TPSA) is 70.9 Å². The summed E-state index contributed by atoms with van der Waals surface area (Å²) in [6, 6.07) is 14.0. The molecule has 9 heteroatoms. The van der Waals surface area contributed by atoms with Crippen molar-refractivity contribution in [3.8, 4) is 5.69 Å². The highest BCUT2D eigenvalue weighted by Crippen LogP contribution is 2.32. The number of nitrogens with zero attached hydrogens (tertiary/aromatic N) is 5. The largest absolute Gasteiger partial charge is 0.385 e. The Kier molecular flexibility index (Phi) is 8.92. The molecule has 206 valence electrons. The second-order valence-corrected chi connectivity index (χ2v) is 12.2. The van der Waals surface area contributed by atoms with E-state index in [1.165, 1.54) is 0 Å². The van der Waals surface area contributed by atoms with Crippen LogP contribution in [0.25, 0.3) is 5.69 Å². The molecule has 0 amide bonds. The fourth-order valence-corrected chi connectivity index (χ4v) is 7.23. The van der Waals surface area contributed by atoms with Gasteiger partial charge in [0.15, 0.2) is 0 Å². The number of benzene rings is 2. The van der Waals surface area contributed by atoms with Crippen LogP contribution in [0.5, 0.6) is 0 Å². The SMILES string of the molecule is COCCCN(Cc1c(C)nn(-c2ccccc2)c1N1CCN(C)CC1)S(=O)(=O)c1c(C)cc(C)cc1C. The third-order valence-corrected chi connectivity index (χ3v) is 9.41. The van der Waals surface area contributed by atoms with Crippen LogP contribution in [0.2, 0.25) is 0 Å². The lowest BCUT2D eigenvalue weighted by Crippen LogP contribution is -2.45. The predicted octanol–water partition coefficient (Wildman–Crippen LogP) is 4.09. The molecule has 1 fully saturated rings. The van der Waals surface area contributed by atoms with Gasteiger partial charge >= 0.3 is 0 Å². The van der Waals surface area contributed by atoms with Crippen molar-refractivity contribution < 1.29 is 13.2 Å². The van der Waals surface area contributed by atoms with Gasteiger partial charge in [-0.25, -0.2) is 13.1 Å². The molecule has 3 aromatic rings. The minimum absolute atomic E-state index is 0.249. The number of sulfonamides is 1. The van der Waals surface area contributed by atoms with Gasteiger partial charge in [-0.05, 0) is 64.4 Å². The van der Waals surface area contributed by atoms with E-state index in [0.717, 1.165) is 65.6 Å². The quantitative estimate of drug-likeness (QED) is 0.362. The lowest BCUT2D eigenvalue weighted by Gasteiger charge is -2.35. The monoisotopic (exact) mass is 539 g/mol. The average Bonchev–Trinajstić information content (AvgIpc) is 3.19. The second-order valence-electron chi connectivity index (χ2n) is 10.3. The van der Waals surface area contributed by atoms with Gasteiger partial charge in [0.2, 0.25) is 10.0 Å². The number of piperazine rings is 1. The third kappa shape index (κ3) is 5.96. The van der Waals surface area contributed by atoms with Crippen molar-refractivity contribution in [3.05, 3.63) is 70.4 Å². The summed E-state index contributed by atoms with van der Waals surface area (Å²) in [5.41, 5.74) is 5.36. The van der Waals surface area contributed by atoms with Crippen molar-refractivity contribution in [2.24, 2.45) is 0 Å². The van der Waals surface area contributed by atoms with E-state index in [0.29, 0.717) is 24.5 Å². The van der Waals surface area contributed by atoms with Crippen LogP contribution in [0.3, 0.4) is 0 Å². The Balaban J connectivity index is 1.81. The van der Waals surface area contributed by atoms with Gasteiger partial charge in [-0.15, -0.1) is 0 Å². The lowest BCUT2D eigenvalue weighted by molar-refractivity contribution is 0.186. The van der Waals surface area contributed by atoms with Gasteiger partial charge in [0, 0.05) is 58.5 Å². The summed E-state index contributed by atoms with van der Waals surface area (Å²) in [6.07, 6.45) is 0.607. The first-order valence-electron chi connectivity index (χ1n) is 13.3. The number of likely N-dealkylation sites (N-methyl/N-ethyl adjacent to an activating group) is 1. The van der Waals surface area contributed by atoms with Crippen LogP contribution in [0.15, 0.2) is 47.4 Å². The van der Waals surface area contributed by atoms with Crippen LogP contribution in [0.1, 0.15) is 34.4 Å². The van der Waals surface area contributed by atoms with E-state index in [9.17, 15) is 8.42 Å². The molecule has 1 saturated heterocycles. The fraction of sp³-hybridized carbons (Fsp3) is 0.483. The summed E-state index contributed by atoms with van der Waals surface area (Å²) in [5.74, 6) is 0.978. The molecule has 0 aliphatic carbocycles. The maximum atomic E-state index is 14.2. The molecule has 8 nitrogen and oxygen atoms in total. The number of hydrogen-bond acceptors (Lipinski definition) is 6. The van der Waals surface area contributed by atoms with E-state index in [4.69, 9.17) is 9.84 Å². The molecular formula is C29H41N5O3S. The van der Waals surface area contributed by atoms with E-state index in [1.807, 2.05) is 74.8 Å². The minimum Gasteiger partial charge on any atom is -0.385 e. The average molecular weight is 540 g/mol. The van der Waals surface area contributed by atoms with Crippen molar-refractivity contribution in [1.82, 2.24) is 19.0 Å². The van der Waals surface area contributed by atoms with Crippen molar-refractivity contribution in [1.29, 1.82) is 0 Å². The molecule has 1 aromatic heterocycles. The summed E-state index contributed by atoms with van der Waals surface area (Å²) in [4.78, 5) is 5.07. The van der Waals surface area contributed by atoms with Crippen LogP contribution in [0.4, 0.5) is 5.82 Å². The van der Waals surface area contributed by atoms with Crippen molar-refractivity contribution in [3.63, 3.8) is 0 Å². The number of rotatable bonds is 10. The number of aryl methyl sites for hydroxylation is 4. The molecule has 38 heavy (non-hydrogen) atoms. The molecule has 1 aliphatic rings. The number of anilines is 1. The smallest absolute Gasteiger partial charge is 0.243 e. The Bertz CT molecular complexity index is 1320. The summed E-state index contributed by atoms with van der Waals surface area (Å²) < 4.78 is 37.4. The molecule has 0 saturated carbocycles. The van der Waals surface area contributed by atoms with Gasteiger partial charge in [0.25, 0.3) is 0 Å². The maximum absolute atomic E-state index is 14.2. The number of para-hydroxylation sites is 1. The van der Waals surface area contributed by atoms with Crippen LogP contribution in [0, 0.1) is 27.7 Å². The Morgan fingerprint density at radius 2 is 1.61 bits per heavy atom. The minimum atomic E-state index is -3.77. The zero-order chi connectivity index (χ0) is 27.4. The van der Waals surface area contributed by atoms with E-state index >= 15 is 0 Å². The summed E-state index contributed by atoms with van der Waals surface area (Å²) >= 11 is 0. The Morgan fingerprint density at radius 3 is 2.21 bits per heavy atom. The number of hydrogen-bond donors (Lipinski definition) is 0. The Labute approximate surface area is 227 Å². The molecule has 0 unspecified atom stereocenters. The first kappa shape index (κ1) is 28.3. The van der Waals surface area contributed by atoms with E-state index in [1.54, 1.807) is 11.4 Å². The fourth-order valence-electron chi connectivity index (χ4n) is 5.37. The number of ether oxygens (including phenoxy) is 1. The van der Waals surface area contributed by atoms with Gasteiger partial charge in [-0.3, -0.25) is 0 Å². The van der Waals surface area contributed by atoms with E-state index in [-0.39, 0.29) is 6.54 Å². The maximum Gasteiger partial charge on any atom is 0.243 e. The Morgan fingerprint density at radius 1 is 0.974 bits per heavy atom. The summed E-state index contributed by atoms with van der Waals surface area (Å²) in [7, 11) is 0.00652. The molecule has 2 heterocycles. The normalized spacial score (nSPS) is 15.0. The van der Waals surface area contributed by atoms with Gasteiger partial charge < -0.3 is 14.5 Å². The molecule has 4 rings (SSSR count). The van der Waals surface area contributed by atoms with Crippen LogP contribution in [-0.4, -0.2) is 80.9 Å². The van der Waals surface area contributed by atoms with Gasteiger partial charge in [-0.1, -0.05) is 35.9 Å². The van der Waals surface area contributed by atoms with Gasteiger partial charge in [0.1, 0.15) is 5.82 Å². The zero-order valence-corrected chi connectivity index (χ0v) is 24.4. The van der Waals surface area contributed by atoms with Gasteiger partial charge in [0.05, 0.1) is 16.3 Å². The predicted molar refractivity (Wildman–Crippen MR) is 153 cm³/mol. The third-order valence-electron chi connectivity index (χ3n) is 7.25. The summed E-state index contributed by atoms with van der Waals surface area (Å²) in [6.45, 7) is 12.4. The molecule has 1 aliphatic heterocycles. The zero-order valence-electron chi connectivity index (χ0n) is 23.6. The lowest BCUT2D eigenvalue weighted by atomic mass is 10.1. The van der Waals surface area contributed by atoms with E-state index < -0.39 is 10.0 Å². The number of methoxy groups -OCH3 is 1. The van der Waals surface area contributed by atoms with Crippen LogP contribution in [-0.2, 0) is 21.3 Å². The standard InChI is InChI=1S/C29H41N5O3S/c1-22-19-23(2)28(24(3)20-22)38(35,36)33(13-10-18-37-6)21-27-25(4)30-34(26-11-8-7-9-12-26)29(27)32-16-14-31(5)15-17-32/h7-9,11-12,19-20H,10,13-18,21H2,1-6H3. The first-order chi connectivity index (χ1) is 18.1. The molecule has 0 bridgehead atoms. The van der Waals surface area contributed by atoms with Crippen molar-refractivity contribution in [2.45, 2.75) is 45.6 Å². The van der Waals surface area contributed by atoms with E-state index in [2.05, 4.69) is 16.8 Å². The second kappa shape index (κ2) is 12.0. The highest BCUT2D eigenvalue weighted by atomic mass is 32.2. The number of aromatic nitrogens is 2.